The van der Waals surface area contributed by atoms with Crippen molar-refractivity contribution in [3.8, 4) is 11.3 Å². The van der Waals surface area contributed by atoms with Crippen LogP contribution < -0.4 is 27.7 Å². The predicted octanol–water partition coefficient (Wildman–Crippen LogP) is 1.10. The standard InChI is InChI=1S/C24H27N7O3/c1-14(24(34)28-3)31-13-17(8-9-21(31)33)19-12-29-23(26)22(30-19)20(32)10-18(25)16-6-4-15(5-7-16)11-27-2/h4-10,12-14,27H,11,25H2,1-3H3,(H2,26,29)(H,28,34). The van der Waals surface area contributed by atoms with E-state index in [1.54, 1.807) is 13.0 Å². The molecule has 176 valence electrons. The molecule has 34 heavy (non-hydrogen) atoms. The number of rotatable bonds is 8. The quantitative estimate of drug-likeness (QED) is 0.287. The normalized spacial score (nSPS) is 12.3. The molecule has 0 aliphatic rings. The average Bonchev–Trinajstić information content (AvgIpc) is 2.84. The van der Waals surface area contributed by atoms with E-state index in [1.807, 2.05) is 31.3 Å². The number of amides is 1. The van der Waals surface area contributed by atoms with Crippen molar-refractivity contribution in [2.24, 2.45) is 5.73 Å². The fourth-order valence-electron chi connectivity index (χ4n) is 3.32. The summed E-state index contributed by atoms with van der Waals surface area (Å²) in [5, 5.41) is 5.58. The maximum absolute atomic E-state index is 12.9. The van der Waals surface area contributed by atoms with Crippen LogP contribution in [0, 0.1) is 0 Å². The van der Waals surface area contributed by atoms with Crippen LogP contribution in [-0.2, 0) is 11.3 Å². The Morgan fingerprint density at radius 3 is 2.50 bits per heavy atom. The number of hydrogen-bond donors (Lipinski definition) is 4. The maximum Gasteiger partial charge on any atom is 0.251 e. The molecular weight excluding hydrogens is 434 g/mol. The topological polar surface area (TPSA) is 158 Å². The molecule has 10 heteroatoms. The Morgan fingerprint density at radius 1 is 1.15 bits per heavy atom. The lowest BCUT2D eigenvalue weighted by Gasteiger charge is -2.14. The summed E-state index contributed by atoms with van der Waals surface area (Å²) in [5.41, 5.74) is 14.5. The summed E-state index contributed by atoms with van der Waals surface area (Å²) in [5.74, 6) is -0.872. The predicted molar refractivity (Wildman–Crippen MR) is 131 cm³/mol. The molecule has 3 aromatic rings. The number of hydrogen-bond acceptors (Lipinski definition) is 8. The Bertz CT molecular complexity index is 1300. The summed E-state index contributed by atoms with van der Waals surface area (Å²) in [6.07, 6.45) is 4.15. The van der Waals surface area contributed by atoms with Gasteiger partial charge in [-0.1, -0.05) is 24.3 Å². The second kappa shape index (κ2) is 10.5. The van der Waals surface area contributed by atoms with E-state index in [-0.39, 0.29) is 28.7 Å². The molecule has 0 bridgehead atoms. The SMILES string of the molecule is CNCc1ccc(C(N)=CC(=O)c2nc(-c3ccc(=O)n(C(C)C(=O)NC)c3)cnc2N)cc1. The highest BCUT2D eigenvalue weighted by Crippen LogP contribution is 2.20. The number of pyridine rings is 1. The zero-order valence-electron chi connectivity index (χ0n) is 19.2. The highest BCUT2D eigenvalue weighted by molar-refractivity contribution is 6.09. The third-order valence-electron chi connectivity index (χ3n) is 5.27. The van der Waals surface area contributed by atoms with E-state index in [0.29, 0.717) is 16.8 Å². The fourth-order valence-corrected chi connectivity index (χ4v) is 3.32. The number of carbonyl (C=O) groups is 2. The summed E-state index contributed by atoms with van der Waals surface area (Å²) < 4.78 is 1.28. The minimum atomic E-state index is -0.734. The van der Waals surface area contributed by atoms with E-state index in [9.17, 15) is 14.4 Å². The Morgan fingerprint density at radius 2 is 1.85 bits per heavy atom. The van der Waals surface area contributed by atoms with Gasteiger partial charge in [0.25, 0.3) is 5.56 Å². The Balaban J connectivity index is 1.93. The molecule has 0 saturated heterocycles. The van der Waals surface area contributed by atoms with Gasteiger partial charge in [-0.2, -0.15) is 0 Å². The van der Waals surface area contributed by atoms with Crippen molar-refractivity contribution in [3.05, 3.63) is 82.0 Å². The molecule has 0 aliphatic carbocycles. The van der Waals surface area contributed by atoms with E-state index in [0.717, 1.165) is 12.1 Å². The fraction of sp³-hybridized carbons (Fsp3) is 0.208. The first-order chi connectivity index (χ1) is 16.2. The van der Waals surface area contributed by atoms with Crippen LogP contribution in [0.5, 0.6) is 0 Å². The highest BCUT2D eigenvalue weighted by Gasteiger charge is 2.17. The third kappa shape index (κ3) is 5.36. The van der Waals surface area contributed by atoms with Gasteiger partial charge in [0.2, 0.25) is 11.7 Å². The van der Waals surface area contributed by atoms with Gasteiger partial charge in [0.05, 0.1) is 11.9 Å². The molecule has 1 aromatic carbocycles. The van der Waals surface area contributed by atoms with Gasteiger partial charge >= 0.3 is 0 Å². The van der Waals surface area contributed by atoms with E-state index in [4.69, 9.17) is 11.5 Å². The number of allylic oxidation sites excluding steroid dienone is 1. The van der Waals surface area contributed by atoms with Crippen molar-refractivity contribution in [2.75, 3.05) is 19.8 Å². The molecule has 0 fully saturated rings. The molecule has 1 unspecified atom stereocenters. The molecular formula is C24H27N7O3. The molecule has 1 atom stereocenters. The number of aromatic nitrogens is 3. The van der Waals surface area contributed by atoms with Crippen LogP contribution in [0.25, 0.3) is 17.0 Å². The van der Waals surface area contributed by atoms with Crippen LogP contribution in [-0.4, -0.2) is 40.3 Å². The molecule has 2 aromatic heterocycles. The molecule has 2 heterocycles. The van der Waals surface area contributed by atoms with Crippen molar-refractivity contribution >= 4 is 23.2 Å². The van der Waals surface area contributed by atoms with E-state index < -0.39 is 11.8 Å². The second-order valence-electron chi connectivity index (χ2n) is 7.63. The summed E-state index contributed by atoms with van der Waals surface area (Å²) >= 11 is 0. The molecule has 0 radical (unpaired) electrons. The number of nitrogens with one attached hydrogen (secondary N) is 2. The average molecular weight is 462 g/mol. The molecule has 0 aliphatic heterocycles. The van der Waals surface area contributed by atoms with Crippen LogP contribution in [0.2, 0.25) is 0 Å². The van der Waals surface area contributed by atoms with Crippen molar-refractivity contribution in [3.63, 3.8) is 0 Å². The number of nitrogen functional groups attached to an aromatic ring is 1. The van der Waals surface area contributed by atoms with Gasteiger partial charge in [-0.25, -0.2) is 9.97 Å². The Hall–Kier alpha value is -4.31. The summed E-state index contributed by atoms with van der Waals surface area (Å²) in [7, 11) is 3.35. The number of benzene rings is 1. The number of anilines is 1. The van der Waals surface area contributed by atoms with Gasteiger partial charge in [-0.15, -0.1) is 0 Å². The van der Waals surface area contributed by atoms with Gasteiger partial charge in [-0.3, -0.25) is 14.4 Å². The van der Waals surface area contributed by atoms with Crippen molar-refractivity contribution in [1.82, 2.24) is 25.2 Å². The summed E-state index contributed by atoms with van der Waals surface area (Å²) in [6.45, 7) is 2.32. The molecule has 0 saturated carbocycles. The smallest absolute Gasteiger partial charge is 0.251 e. The summed E-state index contributed by atoms with van der Waals surface area (Å²) in [6, 6.07) is 9.62. The first kappa shape index (κ1) is 24.3. The minimum Gasteiger partial charge on any atom is -0.398 e. The van der Waals surface area contributed by atoms with Gasteiger partial charge in [0, 0.05) is 43.2 Å². The third-order valence-corrected chi connectivity index (χ3v) is 5.27. The maximum atomic E-state index is 12.9. The molecule has 0 spiro atoms. The largest absolute Gasteiger partial charge is 0.398 e. The number of carbonyl (C=O) groups excluding carboxylic acids is 2. The first-order valence-corrected chi connectivity index (χ1v) is 10.6. The number of likely N-dealkylation sites (N-methyl/N-ethyl adjacent to an activating group) is 1. The van der Waals surface area contributed by atoms with Crippen LogP contribution in [0.15, 0.2) is 59.7 Å². The van der Waals surface area contributed by atoms with Gasteiger partial charge in [0.15, 0.2) is 11.5 Å². The van der Waals surface area contributed by atoms with Crippen molar-refractivity contribution in [1.29, 1.82) is 0 Å². The monoisotopic (exact) mass is 461 g/mol. The number of nitrogens with two attached hydrogens (primary N) is 2. The second-order valence-corrected chi connectivity index (χ2v) is 7.63. The zero-order chi connectivity index (χ0) is 24.8. The lowest BCUT2D eigenvalue weighted by atomic mass is 10.1. The molecule has 3 rings (SSSR count). The zero-order valence-corrected chi connectivity index (χ0v) is 19.2. The van der Waals surface area contributed by atoms with Crippen molar-refractivity contribution < 1.29 is 9.59 Å². The lowest BCUT2D eigenvalue weighted by molar-refractivity contribution is -0.123. The Labute approximate surface area is 196 Å². The van der Waals surface area contributed by atoms with Gasteiger partial charge in [0.1, 0.15) is 6.04 Å². The van der Waals surface area contributed by atoms with Crippen LogP contribution >= 0.6 is 0 Å². The van der Waals surface area contributed by atoms with Gasteiger partial charge < -0.3 is 26.7 Å². The van der Waals surface area contributed by atoms with Crippen LogP contribution in [0.4, 0.5) is 5.82 Å². The highest BCUT2D eigenvalue weighted by atomic mass is 16.2. The van der Waals surface area contributed by atoms with E-state index >= 15 is 0 Å². The van der Waals surface area contributed by atoms with E-state index in [1.165, 1.54) is 36.2 Å². The van der Waals surface area contributed by atoms with Crippen molar-refractivity contribution in [2.45, 2.75) is 19.5 Å². The number of ketones is 1. The molecule has 1 amide bonds. The Kier molecular flexibility index (Phi) is 7.54. The van der Waals surface area contributed by atoms with Gasteiger partial charge in [-0.05, 0) is 31.2 Å². The van der Waals surface area contributed by atoms with Crippen LogP contribution in [0.3, 0.4) is 0 Å². The molecule has 6 N–H and O–H groups in total. The summed E-state index contributed by atoms with van der Waals surface area (Å²) in [4.78, 5) is 45.6. The van der Waals surface area contributed by atoms with Crippen LogP contribution in [0.1, 0.15) is 34.6 Å². The molecule has 10 nitrogen and oxygen atoms in total. The number of nitrogens with zero attached hydrogens (tertiary/aromatic N) is 3. The van der Waals surface area contributed by atoms with E-state index in [2.05, 4.69) is 20.6 Å². The lowest BCUT2D eigenvalue weighted by Crippen LogP contribution is -2.33. The minimum absolute atomic E-state index is 0.0470. The first-order valence-electron chi connectivity index (χ1n) is 10.6.